The molecule has 0 bridgehead atoms. The molecule has 1 unspecified atom stereocenters. The number of rotatable bonds is 41. The number of unbranched alkanes of at least 4 members (excludes halogenated alkanes) is 18. The van der Waals surface area contributed by atoms with Gasteiger partial charge >= 0.3 is 17.9 Å². The number of aryl methyl sites for hydroxylation is 2. The minimum atomic E-state index is -1.08. The fraction of sp³-hybridized carbons (Fsp3) is 0.696. The van der Waals surface area contributed by atoms with Gasteiger partial charge in [-0.05, 0) is 77.0 Å². The van der Waals surface area contributed by atoms with Crippen LogP contribution < -0.4 is 0 Å². The minimum Gasteiger partial charge on any atom is -0.463 e. The highest BCUT2D eigenvalue weighted by Crippen LogP contribution is 2.34. The molecule has 3 aromatic heterocycles. The maximum absolute atomic E-state index is 12.3. The summed E-state index contributed by atoms with van der Waals surface area (Å²) >= 11 is 0. The number of hydrogen-bond donors (Lipinski definition) is 0. The summed E-state index contributed by atoms with van der Waals surface area (Å²) < 4.78 is 27.9. The highest BCUT2D eigenvalue weighted by Gasteiger charge is 2.51. The predicted octanol–water partition coefficient (Wildman–Crippen LogP) is 11.6. The topological polar surface area (TPSA) is 184 Å². The molecule has 406 valence electrons. The van der Waals surface area contributed by atoms with E-state index < -0.39 is 42.4 Å². The first-order chi connectivity index (χ1) is 35.6. The molecule has 1 saturated heterocycles. The van der Waals surface area contributed by atoms with Crippen LogP contribution in [0.5, 0.6) is 0 Å². The van der Waals surface area contributed by atoms with Gasteiger partial charge in [-0.1, -0.05) is 155 Å². The lowest BCUT2D eigenvalue weighted by atomic mass is 10.1. The van der Waals surface area contributed by atoms with Gasteiger partial charge in [0.25, 0.3) is 0 Å². The monoisotopic (exact) mass is 1010 g/mol. The van der Waals surface area contributed by atoms with Gasteiger partial charge in [-0.3, -0.25) is 28.6 Å². The van der Waals surface area contributed by atoms with Crippen molar-refractivity contribution in [3.05, 3.63) is 84.3 Å². The molecule has 0 aromatic carbocycles. The normalized spacial score (nSPS) is 17.1. The van der Waals surface area contributed by atoms with Crippen LogP contribution in [0.3, 0.4) is 0 Å². The number of aromatic nitrogens is 9. The fourth-order valence-corrected chi connectivity index (χ4v) is 8.84. The molecule has 1 aliphatic rings. The van der Waals surface area contributed by atoms with Gasteiger partial charge in [-0.25, -0.2) is 4.68 Å². The Morgan fingerprint density at radius 1 is 0.521 bits per heavy atom. The lowest BCUT2D eigenvalue weighted by Crippen LogP contribution is -2.40. The Balaban J connectivity index is 1.29. The maximum Gasteiger partial charge on any atom is 0.303 e. The van der Waals surface area contributed by atoms with Crippen molar-refractivity contribution in [2.24, 2.45) is 0 Å². The Bertz CT molecular complexity index is 1990. The highest BCUT2D eigenvalue weighted by atomic mass is 16.7. The molecule has 0 amide bonds. The van der Waals surface area contributed by atoms with Gasteiger partial charge in [-0.15, -0.1) is 15.3 Å². The molecule has 0 radical (unpaired) electrons. The molecule has 4 atom stereocenters. The van der Waals surface area contributed by atoms with Crippen molar-refractivity contribution < 1.29 is 33.3 Å². The summed E-state index contributed by atoms with van der Waals surface area (Å²) in [6.45, 7) is 10.9. The van der Waals surface area contributed by atoms with Gasteiger partial charge in [0.05, 0.1) is 23.3 Å². The Morgan fingerprint density at radius 3 is 1.38 bits per heavy atom. The van der Waals surface area contributed by atoms with E-state index in [-0.39, 0.29) is 6.61 Å². The number of carbonyl (C=O) groups excluding carboxylic acids is 3. The van der Waals surface area contributed by atoms with Gasteiger partial charge in [0.15, 0.2) is 18.4 Å². The van der Waals surface area contributed by atoms with Crippen molar-refractivity contribution >= 4 is 17.9 Å². The largest absolute Gasteiger partial charge is 0.463 e. The van der Waals surface area contributed by atoms with Crippen molar-refractivity contribution in [1.29, 1.82) is 0 Å². The first-order valence-corrected chi connectivity index (χ1v) is 27.8. The molecular weight excluding hydrogens is 925 g/mol. The first-order valence-electron chi connectivity index (χ1n) is 27.8. The van der Waals surface area contributed by atoms with Crippen LogP contribution >= 0.6 is 0 Å². The van der Waals surface area contributed by atoms with Gasteiger partial charge in [0.1, 0.15) is 12.7 Å². The van der Waals surface area contributed by atoms with Crippen LogP contribution in [0.25, 0.3) is 0 Å². The third-order valence-corrected chi connectivity index (χ3v) is 12.7. The second-order valence-corrected chi connectivity index (χ2v) is 19.5. The summed E-state index contributed by atoms with van der Waals surface area (Å²) in [6, 6.07) is 0. The molecule has 4 rings (SSSR count). The third-order valence-electron chi connectivity index (χ3n) is 12.7. The lowest BCUT2D eigenvalue weighted by Gasteiger charge is -2.23. The molecule has 73 heavy (non-hydrogen) atoms. The molecule has 1 aliphatic heterocycles. The summed E-state index contributed by atoms with van der Waals surface area (Å²) in [7, 11) is 0. The molecule has 4 heterocycles. The fourth-order valence-electron chi connectivity index (χ4n) is 8.84. The van der Waals surface area contributed by atoms with Crippen LogP contribution in [0.1, 0.15) is 212 Å². The zero-order valence-corrected chi connectivity index (χ0v) is 45.2. The summed E-state index contributed by atoms with van der Waals surface area (Å²) in [4.78, 5) is 38.3. The van der Waals surface area contributed by atoms with Gasteiger partial charge in [-0.2, -0.15) is 0 Å². The summed E-state index contributed by atoms with van der Waals surface area (Å²) in [5, 5.41) is 26.9. The number of nitrogens with zero attached hydrogens (tertiary/aromatic N) is 10. The zero-order chi connectivity index (χ0) is 52.1. The summed E-state index contributed by atoms with van der Waals surface area (Å²) in [6.07, 6.45) is 48.9. The highest BCUT2D eigenvalue weighted by molar-refractivity contribution is 5.68. The van der Waals surface area contributed by atoms with Crippen LogP contribution in [0.4, 0.5) is 0 Å². The number of carbonyl (C=O) groups is 3. The van der Waals surface area contributed by atoms with E-state index in [1.54, 1.807) is 6.20 Å². The van der Waals surface area contributed by atoms with E-state index >= 15 is 0 Å². The molecular formula is C56H90N10O7. The minimum absolute atomic E-state index is 0.218. The smallest absolute Gasteiger partial charge is 0.303 e. The molecule has 0 spiro atoms. The van der Waals surface area contributed by atoms with Crippen molar-refractivity contribution in [3.63, 3.8) is 0 Å². The lowest BCUT2D eigenvalue weighted by molar-refractivity contribution is -0.166. The van der Waals surface area contributed by atoms with Gasteiger partial charge in [0.2, 0.25) is 0 Å². The number of hydrogen-bond acceptors (Lipinski definition) is 14. The number of esters is 3. The second kappa shape index (κ2) is 37.4. The molecule has 17 heteroatoms. The standard InChI is InChI=1S/C56H90N10O7/c1-6-8-10-12-14-16-18-20-22-24-26-28-30-32-34-36-38-64-43-50(57-60-64)40-63(41-51-44-65(61-58-51)39-37-35-33-31-29-27-25-23-21-19-17-15-13-11-9-7-2)42-52-45-66(62-59-52)56-55(72-49(5)69)54(71-48(4)68)53(73-56)46-70-47(3)67/h14-17,20-23,43-45,53-56H,6-13,18-19,24-42,46H2,1-5H3/b16-14-,17-15-,22-20-,23-21-/t53-,54+,55?,56-/m1/s1. The van der Waals surface area contributed by atoms with Crippen LogP contribution in [0.2, 0.25) is 0 Å². The Morgan fingerprint density at radius 2 is 0.932 bits per heavy atom. The predicted molar refractivity (Wildman–Crippen MR) is 283 cm³/mol. The molecule has 1 fully saturated rings. The summed E-state index contributed by atoms with van der Waals surface area (Å²) in [5.74, 6) is -1.74. The number of ether oxygens (including phenoxy) is 4. The quantitative estimate of drug-likeness (QED) is 0.0226. The Kier molecular flexibility index (Phi) is 30.9. The Hall–Kier alpha value is -5.29. The van der Waals surface area contributed by atoms with Crippen molar-refractivity contribution in [2.45, 2.75) is 246 Å². The van der Waals surface area contributed by atoms with Crippen LogP contribution in [0.15, 0.2) is 67.2 Å². The van der Waals surface area contributed by atoms with E-state index in [0.29, 0.717) is 25.3 Å². The van der Waals surface area contributed by atoms with Crippen LogP contribution in [-0.4, -0.2) is 92.7 Å². The first kappa shape index (κ1) is 60.3. The maximum atomic E-state index is 12.3. The van der Waals surface area contributed by atoms with E-state index in [0.717, 1.165) is 75.8 Å². The van der Waals surface area contributed by atoms with Gasteiger partial charge < -0.3 is 18.9 Å². The average molecular weight is 1020 g/mol. The van der Waals surface area contributed by atoms with E-state index in [4.69, 9.17) is 18.9 Å². The van der Waals surface area contributed by atoms with Gasteiger partial charge in [0, 0.05) is 65.9 Å². The van der Waals surface area contributed by atoms with Crippen molar-refractivity contribution in [3.8, 4) is 0 Å². The van der Waals surface area contributed by atoms with Crippen LogP contribution in [0, 0.1) is 0 Å². The summed E-state index contributed by atoms with van der Waals surface area (Å²) in [5.41, 5.74) is 2.22. The van der Waals surface area contributed by atoms with E-state index in [2.05, 4.69) is 98.3 Å². The third kappa shape index (κ3) is 26.5. The second-order valence-electron chi connectivity index (χ2n) is 19.5. The van der Waals surface area contributed by atoms with Crippen molar-refractivity contribution in [2.75, 3.05) is 6.61 Å². The molecule has 0 saturated carbocycles. The molecule has 0 aliphatic carbocycles. The van der Waals surface area contributed by atoms with Crippen LogP contribution in [-0.2, 0) is 66.1 Å². The van der Waals surface area contributed by atoms with E-state index in [9.17, 15) is 14.4 Å². The van der Waals surface area contributed by atoms with Crippen molar-refractivity contribution in [1.82, 2.24) is 49.9 Å². The van der Waals surface area contributed by atoms with E-state index in [1.807, 2.05) is 21.8 Å². The SMILES string of the molecule is CCCCC/C=C\C/C=C\CCCCCCCCn1cc(CN(Cc2cn(CCCCCCCC/C=C\C/C=C\CCCCC)nn2)Cc2cn([C@@H]3O[C@H](COC(C)=O)[C@H](OC(C)=O)C3OC(C)=O)nn2)nn1. The number of allylic oxidation sites excluding steroid dienone is 8. The van der Waals surface area contributed by atoms with E-state index in [1.165, 1.54) is 128 Å². The molecule has 0 N–H and O–H groups in total. The Labute approximate surface area is 436 Å². The average Bonchev–Trinajstić information content (AvgIpc) is 4.19. The molecule has 3 aromatic rings. The zero-order valence-electron chi connectivity index (χ0n) is 45.2. The molecule has 17 nitrogen and oxygen atoms in total.